The maximum atomic E-state index is 11.8. The van der Waals surface area contributed by atoms with Crippen molar-refractivity contribution in [1.82, 2.24) is 0 Å². The average molecular weight is 231 g/mol. The highest BCUT2D eigenvalue weighted by Gasteiger charge is 2.30. The normalized spacial score (nSPS) is 10.9. The van der Waals surface area contributed by atoms with Crippen molar-refractivity contribution in [3.63, 3.8) is 0 Å². The summed E-state index contributed by atoms with van der Waals surface area (Å²) in [5, 5.41) is 0. The molecule has 0 heterocycles. The first-order chi connectivity index (χ1) is 7.29. The second kappa shape index (κ2) is 4.26. The minimum Gasteiger partial charge on any atom is -0.406 e. The SMILES string of the molecule is C=C(C(N)=O)c1ccc(OC(F)(F)F)cc1. The molecular formula is C10H8F3NO2. The van der Waals surface area contributed by atoms with Gasteiger partial charge in [0, 0.05) is 5.57 Å². The van der Waals surface area contributed by atoms with Crippen LogP contribution in [-0.2, 0) is 4.79 Å². The summed E-state index contributed by atoms with van der Waals surface area (Å²) in [4.78, 5) is 10.7. The Kier molecular flexibility index (Phi) is 3.22. The fraction of sp³-hybridized carbons (Fsp3) is 0.100. The number of primary amides is 1. The lowest BCUT2D eigenvalue weighted by molar-refractivity contribution is -0.274. The average Bonchev–Trinajstić information content (AvgIpc) is 2.15. The Balaban J connectivity index is 2.84. The summed E-state index contributed by atoms with van der Waals surface area (Å²) >= 11 is 0. The third-order valence-corrected chi connectivity index (χ3v) is 1.73. The van der Waals surface area contributed by atoms with Gasteiger partial charge >= 0.3 is 6.36 Å². The van der Waals surface area contributed by atoms with Gasteiger partial charge in [-0.3, -0.25) is 4.79 Å². The summed E-state index contributed by atoms with van der Waals surface area (Å²) in [6.07, 6.45) is -4.73. The molecule has 0 saturated carbocycles. The largest absolute Gasteiger partial charge is 0.573 e. The molecule has 0 fully saturated rings. The first-order valence-electron chi connectivity index (χ1n) is 4.14. The molecule has 0 bridgehead atoms. The third-order valence-electron chi connectivity index (χ3n) is 1.73. The van der Waals surface area contributed by atoms with Crippen LogP contribution in [0.4, 0.5) is 13.2 Å². The van der Waals surface area contributed by atoms with Crippen LogP contribution in [0.5, 0.6) is 5.75 Å². The van der Waals surface area contributed by atoms with Crippen LogP contribution in [0.25, 0.3) is 5.57 Å². The second-order valence-corrected chi connectivity index (χ2v) is 2.91. The molecule has 1 rings (SSSR count). The third kappa shape index (κ3) is 3.30. The van der Waals surface area contributed by atoms with E-state index in [4.69, 9.17) is 5.73 Å². The summed E-state index contributed by atoms with van der Waals surface area (Å²) in [6, 6.07) is 4.70. The van der Waals surface area contributed by atoms with Gasteiger partial charge in [-0.1, -0.05) is 18.7 Å². The van der Waals surface area contributed by atoms with Gasteiger partial charge in [-0.05, 0) is 17.7 Å². The maximum absolute atomic E-state index is 11.8. The minimum absolute atomic E-state index is 0.0264. The zero-order valence-electron chi connectivity index (χ0n) is 8.04. The van der Waals surface area contributed by atoms with Crippen LogP contribution in [0.1, 0.15) is 5.56 Å². The van der Waals surface area contributed by atoms with Crippen molar-refractivity contribution < 1.29 is 22.7 Å². The van der Waals surface area contributed by atoms with E-state index in [9.17, 15) is 18.0 Å². The molecule has 86 valence electrons. The van der Waals surface area contributed by atoms with E-state index in [-0.39, 0.29) is 11.3 Å². The van der Waals surface area contributed by atoms with Crippen LogP contribution in [0.2, 0.25) is 0 Å². The number of ether oxygens (including phenoxy) is 1. The van der Waals surface area contributed by atoms with E-state index < -0.39 is 12.3 Å². The molecule has 0 radical (unpaired) electrons. The standard InChI is InChI=1S/C10H8F3NO2/c1-6(9(14)15)7-2-4-8(5-3-7)16-10(11,12)13/h2-5H,1H2,(H2,14,15). The Morgan fingerprint density at radius 1 is 1.25 bits per heavy atom. The molecule has 16 heavy (non-hydrogen) atoms. The first kappa shape index (κ1) is 12.1. The minimum atomic E-state index is -4.73. The van der Waals surface area contributed by atoms with Crippen LogP contribution in [0.3, 0.4) is 0 Å². The van der Waals surface area contributed by atoms with Crippen LogP contribution >= 0.6 is 0 Å². The highest BCUT2D eigenvalue weighted by Crippen LogP contribution is 2.24. The predicted octanol–water partition coefficient (Wildman–Crippen LogP) is 2.08. The van der Waals surface area contributed by atoms with Gasteiger partial charge in [0.2, 0.25) is 5.91 Å². The van der Waals surface area contributed by atoms with Gasteiger partial charge in [-0.2, -0.15) is 0 Å². The van der Waals surface area contributed by atoms with Gasteiger partial charge in [0.1, 0.15) is 5.75 Å². The number of hydrogen-bond acceptors (Lipinski definition) is 2. The van der Waals surface area contributed by atoms with Gasteiger partial charge in [0.05, 0.1) is 0 Å². The number of rotatable bonds is 3. The van der Waals surface area contributed by atoms with Crippen molar-refractivity contribution >= 4 is 11.5 Å². The summed E-state index contributed by atoms with van der Waals surface area (Å²) < 4.78 is 39.1. The Labute approximate surface area is 89.3 Å². The van der Waals surface area contributed by atoms with E-state index in [1.165, 1.54) is 12.1 Å². The number of nitrogens with two attached hydrogens (primary N) is 1. The molecule has 0 aliphatic heterocycles. The smallest absolute Gasteiger partial charge is 0.406 e. The van der Waals surface area contributed by atoms with Crippen molar-refractivity contribution in [3.8, 4) is 5.75 Å². The van der Waals surface area contributed by atoms with E-state index in [0.29, 0.717) is 5.56 Å². The number of carbonyl (C=O) groups excluding carboxylic acids is 1. The highest BCUT2D eigenvalue weighted by atomic mass is 19.4. The number of benzene rings is 1. The Morgan fingerprint density at radius 2 is 1.75 bits per heavy atom. The van der Waals surface area contributed by atoms with Crippen LogP contribution in [0.15, 0.2) is 30.8 Å². The lowest BCUT2D eigenvalue weighted by Gasteiger charge is -2.09. The molecule has 3 nitrogen and oxygen atoms in total. The van der Waals surface area contributed by atoms with Gasteiger partial charge in [-0.25, -0.2) is 0 Å². The van der Waals surface area contributed by atoms with Crippen LogP contribution in [0, 0.1) is 0 Å². The second-order valence-electron chi connectivity index (χ2n) is 2.91. The summed E-state index contributed by atoms with van der Waals surface area (Å²) in [7, 11) is 0. The van der Waals surface area contributed by atoms with Crippen molar-refractivity contribution in [2.24, 2.45) is 5.73 Å². The van der Waals surface area contributed by atoms with Gasteiger partial charge in [0.15, 0.2) is 0 Å². The fourth-order valence-electron chi connectivity index (χ4n) is 1.00. The monoisotopic (exact) mass is 231 g/mol. The lowest BCUT2D eigenvalue weighted by Crippen LogP contribution is -2.17. The van der Waals surface area contributed by atoms with Crippen molar-refractivity contribution in [2.45, 2.75) is 6.36 Å². The highest BCUT2D eigenvalue weighted by molar-refractivity contribution is 6.17. The number of halogens is 3. The molecule has 0 atom stereocenters. The molecule has 1 aromatic rings. The zero-order valence-corrected chi connectivity index (χ0v) is 8.04. The number of carbonyl (C=O) groups is 1. The molecule has 6 heteroatoms. The summed E-state index contributed by atoms with van der Waals surface area (Å²) in [6.45, 7) is 3.39. The number of amides is 1. The molecule has 0 unspecified atom stereocenters. The molecule has 0 saturated heterocycles. The number of hydrogen-bond donors (Lipinski definition) is 1. The maximum Gasteiger partial charge on any atom is 0.573 e. The van der Waals surface area contributed by atoms with Crippen molar-refractivity contribution in [3.05, 3.63) is 36.4 Å². The molecular weight excluding hydrogens is 223 g/mol. The quantitative estimate of drug-likeness (QED) is 0.809. The van der Waals surface area contributed by atoms with Crippen LogP contribution < -0.4 is 10.5 Å². The van der Waals surface area contributed by atoms with E-state index in [1.807, 2.05) is 0 Å². The Morgan fingerprint density at radius 3 is 2.12 bits per heavy atom. The Hall–Kier alpha value is -1.98. The topological polar surface area (TPSA) is 52.3 Å². The lowest BCUT2D eigenvalue weighted by atomic mass is 10.1. The molecule has 0 aliphatic carbocycles. The van der Waals surface area contributed by atoms with Gasteiger partial charge < -0.3 is 10.5 Å². The summed E-state index contributed by atoms with van der Waals surface area (Å²) in [5.74, 6) is -1.10. The zero-order chi connectivity index (χ0) is 12.3. The molecule has 0 aliphatic rings. The molecule has 0 spiro atoms. The summed E-state index contributed by atoms with van der Waals surface area (Å²) in [5.41, 5.74) is 5.33. The Bertz CT molecular complexity index is 409. The van der Waals surface area contributed by atoms with E-state index in [0.717, 1.165) is 12.1 Å². The molecule has 0 aromatic heterocycles. The van der Waals surface area contributed by atoms with Crippen molar-refractivity contribution in [1.29, 1.82) is 0 Å². The van der Waals surface area contributed by atoms with E-state index >= 15 is 0 Å². The fourth-order valence-corrected chi connectivity index (χ4v) is 1.00. The molecule has 1 amide bonds. The first-order valence-corrected chi connectivity index (χ1v) is 4.14. The number of alkyl halides is 3. The molecule has 1 aromatic carbocycles. The van der Waals surface area contributed by atoms with Crippen LogP contribution in [-0.4, -0.2) is 12.3 Å². The van der Waals surface area contributed by atoms with E-state index in [2.05, 4.69) is 11.3 Å². The van der Waals surface area contributed by atoms with E-state index in [1.54, 1.807) is 0 Å². The van der Waals surface area contributed by atoms with Gasteiger partial charge in [-0.15, -0.1) is 13.2 Å². The van der Waals surface area contributed by atoms with Gasteiger partial charge in [0.25, 0.3) is 0 Å². The molecule has 2 N–H and O–H groups in total. The van der Waals surface area contributed by atoms with Crippen molar-refractivity contribution in [2.75, 3.05) is 0 Å². The predicted molar refractivity (Wildman–Crippen MR) is 51.4 cm³/mol.